The highest BCUT2D eigenvalue weighted by Gasteiger charge is 2.29. The molecule has 7 nitrogen and oxygen atoms in total. The number of benzene rings is 1. The molecule has 1 amide bonds. The minimum absolute atomic E-state index is 0.0545. The zero-order valence-electron chi connectivity index (χ0n) is 17.1. The summed E-state index contributed by atoms with van der Waals surface area (Å²) >= 11 is 6.17. The van der Waals surface area contributed by atoms with E-state index in [0.717, 1.165) is 35.6 Å². The Bertz CT molecular complexity index is 1270. The molecule has 8 heteroatoms. The highest BCUT2D eigenvalue weighted by molar-refractivity contribution is 6.30. The van der Waals surface area contributed by atoms with Crippen molar-refractivity contribution in [3.05, 3.63) is 77.1 Å². The van der Waals surface area contributed by atoms with Crippen LogP contribution in [-0.2, 0) is 0 Å². The Morgan fingerprint density at radius 3 is 2.97 bits per heavy atom. The zero-order valence-corrected chi connectivity index (χ0v) is 17.8. The molecule has 1 atom stereocenters. The van der Waals surface area contributed by atoms with Crippen LogP contribution in [0.1, 0.15) is 40.6 Å². The molecule has 0 unspecified atom stereocenters. The van der Waals surface area contributed by atoms with E-state index in [1.165, 1.54) is 0 Å². The molecule has 1 aliphatic rings. The molecule has 3 aromatic heterocycles. The van der Waals surface area contributed by atoms with E-state index >= 15 is 0 Å². The second-order valence-corrected chi connectivity index (χ2v) is 8.24. The summed E-state index contributed by atoms with van der Waals surface area (Å²) in [6.07, 6.45) is 6.89. The Kier molecular flexibility index (Phi) is 5.11. The fraction of sp³-hybridized carbons (Fsp3) is 0.261. The van der Waals surface area contributed by atoms with E-state index in [1.807, 2.05) is 42.2 Å². The van der Waals surface area contributed by atoms with Crippen LogP contribution < -0.4 is 0 Å². The van der Waals surface area contributed by atoms with Crippen molar-refractivity contribution in [2.75, 3.05) is 13.1 Å². The van der Waals surface area contributed by atoms with Gasteiger partial charge in [-0.1, -0.05) is 23.7 Å². The molecular formula is C23H21ClN6O. The number of aromatic nitrogens is 5. The van der Waals surface area contributed by atoms with Crippen molar-refractivity contribution in [1.29, 1.82) is 0 Å². The lowest BCUT2D eigenvalue weighted by Gasteiger charge is -2.32. The first-order valence-corrected chi connectivity index (χ1v) is 10.7. The molecule has 0 aliphatic carbocycles. The highest BCUT2D eigenvalue weighted by atomic mass is 35.5. The van der Waals surface area contributed by atoms with Crippen LogP contribution in [0.3, 0.4) is 0 Å². The number of hydrogen-bond acceptors (Lipinski definition) is 5. The highest BCUT2D eigenvalue weighted by Crippen LogP contribution is 2.29. The molecule has 31 heavy (non-hydrogen) atoms. The van der Waals surface area contributed by atoms with Crippen LogP contribution in [0.15, 0.2) is 55.0 Å². The summed E-state index contributed by atoms with van der Waals surface area (Å²) < 4.78 is 1.62. The molecule has 4 heterocycles. The van der Waals surface area contributed by atoms with E-state index in [0.29, 0.717) is 29.3 Å². The maximum atomic E-state index is 13.2. The van der Waals surface area contributed by atoms with Crippen molar-refractivity contribution >= 4 is 23.2 Å². The number of piperidine rings is 1. The van der Waals surface area contributed by atoms with Gasteiger partial charge in [0, 0.05) is 47.7 Å². The van der Waals surface area contributed by atoms with Crippen LogP contribution in [0.25, 0.3) is 16.9 Å². The summed E-state index contributed by atoms with van der Waals surface area (Å²) in [5.74, 6) is 0.789. The van der Waals surface area contributed by atoms with Gasteiger partial charge in [-0.25, -0.2) is 19.5 Å². The predicted octanol–water partition coefficient (Wildman–Crippen LogP) is 4.17. The maximum Gasteiger partial charge on any atom is 0.259 e. The third kappa shape index (κ3) is 3.88. The van der Waals surface area contributed by atoms with Gasteiger partial charge >= 0.3 is 0 Å². The fourth-order valence-corrected chi connectivity index (χ4v) is 4.28. The van der Waals surface area contributed by atoms with Gasteiger partial charge in [0.2, 0.25) is 0 Å². The van der Waals surface area contributed by atoms with Gasteiger partial charge in [-0.15, -0.1) is 0 Å². The second kappa shape index (κ2) is 8.07. The largest absolute Gasteiger partial charge is 0.338 e. The average Bonchev–Trinajstić information content (AvgIpc) is 3.22. The molecule has 1 saturated heterocycles. The van der Waals surface area contributed by atoms with Crippen molar-refractivity contribution in [3.8, 4) is 11.3 Å². The number of fused-ring (bicyclic) bond motifs is 1. The molecule has 0 radical (unpaired) electrons. The number of amides is 1. The van der Waals surface area contributed by atoms with Crippen LogP contribution in [0, 0.1) is 6.92 Å². The molecule has 4 aromatic rings. The average molecular weight is 433 g/mol. The maximum absolute atomic E-state index is 13.2. The smallest absolute Gasteiger partial charge is 0.259 e. The summed E-state index contributed by atoms with van der Waals surface area (Å²) in [7, 11) is 0. The molecule has 0 saturated carbocycles. The van der Waals surface area contributed by atoms with Gasteiger partial charge in [0.05, 0.1) is 11.9 Å². The van der Waals surface area contributed by atoms with Crippen molar-refractivity contribution in [1.82, 2.24) is 29.5 Å². The number of carbonyl (C=O) groups excluding carboxylic acids is 1. The summed E-state index contributed by atoms with van der Waals surface area (Å²) in [4.78, 5) is 28.9. The molecule has 0 N–H and O–H groups in total. The third-order valence-electron chi connectivity index (χ3n) is 5.58. The Hall–Kier alpha value is -3.32. The minimum Gasteiger partial charge on any atom is -0.338 e. The molecule has 0 bridgehead atoms. The second-order valence-electron chi connectivity index (χ2n) is 7.80. The summed E-state index contributed by atoms with van der Waals surface area (Å²) in [5, 5.41) is 4.92. The molecular weight excluding hydrogens is 412 g/mol. The number of halogens is 1. The summed E-state index contributed by atoms with van der Waals surface area (Å²) in [6, 6.07) is 11.4. The first-order valence-electron chi connectivity index (χ1n) is 10.3. The van der Waals surface area contributed by atoms with Crippen LogP contribution in [-0.4, -0.2) is 48.5 Å². The van der Waals surface area contributed by atoms with Crippen LogP contribution in [0.4, 0.5) is 0 Å². The summed E-state index contributed by atoms with van der Waals surface area (Å²) in [5.41, 5.74) is 3.80. The van der Waals surface area contributed by atoms with Crippen LogP contribution >= 0.6 is 11.6 Å². The lowest BCUT2D eigenvalue weighted by atomic mass is 9.96. The molecule has 1 aliphatic heterocycles. The van der Waals surface area contributed by atoms with E-state index in [1.54, 1.807) is 29.2 Å². The fourth-order valence-electron chi connectivity index (χ4n) is 4.09. The number of nitrogens with zero attached hydrogens (tertiary/aromatic N) is 6. The van der Waals surface area contributed by atoms with Gasteiger partial charge in [0.25, 0.3) is 5.91 Å². The van der Waals surface area contributed by atoms with E-state index < -0.39 is 0 Å². The SMILES string of the molecule is Cc1cc(-c2cccc(Cl)c2)nc([C@@H]2CCCN(C(=O)c3cnn4cccnc34)C2)n1. The van der Waals surface area contributed by atoms with Gasteiger partial charge in [0.15, 0.2) is 5.65 Å². The monoisotopic (exact) mass is 432 g/mol. The van der Waals surface area contributed by atoms with Crippen LogP contribution in [0.5, 0.6) is 0 Å². The Morgan fingerprint density at radius 1 is 1.19 bits per heavy atom. The Morgan fingerprint density at radius 2 is 2.10 bits per heavy atom. The molecule has 1 fully saturated rings. The number of rotatable bonds is 3. The van der Waals surface area contributed by atoms with E-state index in [2.05, 4.69) is 10.1 Å². The standard InChI is InChI=1S/C23H21ClN6O/c1-15-11-20(16-5-2-7-18(24)12-16)28-21(27-15)17-6-3-9-29(14-17)23(31)19-13-26-30-10-4-8-25-22(19)30/h2,4-5,7-8,10-13,17H,3,6,9,14H2,1H3/t17-/m1/s1. The van der Waals surface area contributed by atoms with Crippen molar-refractivity contribution < 1.29 is 4.79 Å². The Balaban J connectivity index is 1.42. The molecule has 5 rings (SSSR count). The number of hydrogen-bond donors (Lipinski definition) is 0. The zero-order chi connectivity index (χ0) is 21.4. The molecule has 1 aromatic carbocycles. The van der Waals surface area contributed by atoms with Gasteiger partial charge in [-0.3, -0.25) is 4.79 Å². The first-order chi connectivity index (χ1) is 15.1. The van der Waals surface area contributed by atoms with Gasteiger partial charge in [0.1, 0.15) is 11.4 Å². The van der Waals surface area contributed by atoms with Crippen molar-refractivity contribution in [3.63, 3.8) is 0 Å². The van der Waals surface area contributed by atoms with E-state index in [4.69, 9.17) is 21.6 Å². The van der Waals surface area contributed by atoms with E-state index in [9.17, 15) is 4.79 Å². The quantitative estimate of drug-likeness (QED) is 0.485. The van der Waals surface area contributed by atoms with Gasteiger partial charge in [-0.05, 0) is 44.0 Å². The number of aryl methyl sites for hydroxylation is 1. The van der Waals surface area contributed by atoms with E-state index in [-0.39, 0.29) is 11.8 Å². The number of likely N-dealkylation sites (tertiary alicyclic amines) is 1. The minimum atomic E-state index is -0.0545. The van der Waals surface area contributed by atoms with Crippen molar-refractivity contribution in [2.45, 2.75) is 25.7 Å². The topological polar surface area (TPSA) is 76.3 Å². The van der Waals surface area contributed by atoms with Gasteiger partial charge < -0.3 is 4.90 Å². The van der Waals surface area contributed by atoms with Crippen LogP contribution in [0.2, 0.25) is 5.02 Å². The molecule has 0 spiro atoms. The predicted molar refractivity (Wildman–Crippen MR) is 118 cm³/mol. The third-order valence-corrected chi connectivity index (χ3v) is 5.81. The first kappa shape index (κ1) is 19.6. The normalized spacial score (nSPS) is 16.6. The van der Waals surface area contributed by atoms with Crippen molar-refractivity contribution in [2.24, 2.45) is 0 Å². The van der Waals surface area contributed by atoms with Gasteiger partial charge in [-0.2, -0.15) is 5.10 Å². The molecule has 156 valence electrons. The lowest BCUT2D eigenvalue weighted by molar-refractivity contribution is 0.0706. The Labute approximate surface area is 184 Å². The number of carbonyl (C=O) groups is 1. The summed E-state index contributed by atoms with van der Waals surface area (Å²) in [6.45, 7) is 3.24. The lowest BCUT2D eigenvalue weighted by Crippen LogP contribution is -2.39.